The monoisotopic (exact) mass is 479 g/mol. The molecule has 0 fully saturated rings. The van der Waals surface area contributed by atoms with Gasteiger partial charge < -0.3 is 14.6 Å². The van der Waals surface area contributed by atoms with Gasteiger partial charge in [-0.1, -0.05) is 69.0 Å². The number of fused-ring (bicyclic) bond motifs is 1. The van der Waals surface area contributed by atoms with E-state index < -0.39 is 11.8 Å². The van der Waals surface area contributed by atoms with Crippen molar-refractivity contribution in [1.29, 1.82) is 0 Å². The minimum atomic E-state index is -1.36. The van der Waals surface area contributed by atoms with Gasteiger partial charge in [0, 0.05) is 16.5 Å². The smallest absolute Gasteiger partial charge is 0.545 e. The molecule has 0 saturated carbocycles. The van der Waals surface area contributed by atoms with E-state index in [1.165, 1.54) is 49.9 Å². The first-order chi connectivity index (χ1) is 16.5. The third kappa shape index (κ3) is 6.91. The number of ether oxygens (including phenoxy) is 1. The average Bonchev–Trinajstić information content (AvgIpc) is 2.86. The van der Waals surface area contributed by atoms with Crippen molar-refractivity contribution >= 4 is 16.9 Å². The van der Waals surface area contributed by atoms with Crippen molar-refractivity contribution in [1.82, 2.24) is 4.98 Å². The number of benzene rings is 3. The quantitative estimate of drug-likeness (QED) is 0.258. The van der Waals surface area contributed by atoms with Crippen LogP contribution in [0.2, 0.25) is 0 Å². The fraction of sp³-hybridized carbons (Fsp3) is 0.241. The number of unbranched alkanes of at least 4 members (excludes halogenated alkanes) is 4. The molecule has 0 aliphatic rings. The summed E-state index contributed by atoms with van der Waals surface area (Å²) >= 11 is 0. The summed E-state index contributed by atoms with van der Waals surface area (Å²) in [5.41, 5.74) is 3.66. The van der Waals surface area contributed by atoms with Crippen LogP contribution in [0.15, 0.2) is 72.8 Å². The van der Waals surface area contributed by atoms with Crippen LogP contribution in [0.1, 0.15) is 49.4 Å². The SMILES string of the molecule is CCCCCCCOc1ccc(-c2ccc(-c3cc(C(=O)[O-])c4cc(F)ccc4n3)cc2)cc1.[Na+]. The van der Waals surface area contributed by atoms with Gasteiger partial charge in [0.2, 0.25) is 0 Å². The zero-order valence-electron chi connectivity index (χ0n) is 20.2. The van der Waals surface area contributed by atoms with E-state index in [4.69, 9.17) is 4.74 Å². The van der Waals surface area contributed by atoms with Crippen molar-refractivity contribution in [3.05, 3.63) is 84.2 Å². The number of halogens is 1. The van der Waals surface area contributed by atoms with Crippen molar-refractivity contribution < 1.29 is 48.6 Å². The van der Waals surface area contributed by atoms with Crippen LogP contribution in [0.3, 0.4) is 0 Å². The molecule has 0 aliphatic heterocycles. The van der Waals surface area contributed by atoms with E-state index >= 15 is 0 Å². The Bertz CT molecular complexity index is 1270. The van der Waals surface area contributed by atoms with Crippen molar-refractivity contribution in [2.45, 2.75) is 39.0 Å². The number of nitrogens with zero attached hydrogens (tertiary/aromatic N) is 1. The van der Waals surface area contributed by atoms with E-state index in [9.17, 15) is 14.3 Å². The zero-order valence-corrected chi connectivity index (χ0v) is 22.2. The van der Waals surface area contributed by atoms with E-state index in [1.807, 2.05) is 48.5 Å². The van der Waals surface area contributed by atoms with Crippen LogP contribution >= 0.6 is 0 Å². The maximum absolute atomic E-state index is 13.6. The Morgan fingerprint density at radius 3 is 2.14 bits per heavy atom. The minimum absolute atomic E-state index is 0. The number of aromatic nitrogens is 1. The van der Waals surface area contributed by atoms with Gasteiger partial charge in [-0.15, -0.1) is 0 Å². The minimum Gasteiger partial charge on any atom is -0.545 e. The predicted octanol–water partition coefficient (Wildman–Crippen LogP) is 3.42. The van der Waals surface area contributed by atoms with Crippen molar-refractivity contribution in [3.63, 3.8) is 0 Å². The number of aromatic carboxylic acids is 1. The normalized spacial score (nSPS) is 10.7. The first-order valence-corrected chi connectivity index (χ1v) is 11.7. The number of carboxylic acid groups (broad SMARTS) is 1. The largest absolute Gasteiger partial charge is 1.00 e. The molecule has 35 heavy (non-hydrogen) atoms. The second kappa shape index (κ2) is 12.8. The molecule has 3 aromatic carbocycles. The molecule has 0 unspecified atom stereocenters. The van der Waals surface area contributed by atoms with Gasteiger partial charge in [-0.05, 0) is 53.9 Å². The standard InChI is InChI=1S/C29H28FNO3.Na/c1-2-3-4-5-6-17-34-24-14-11-21(12-15-24)20-7-9-22(10-8-20)28-19-26(29(32)33)25-18-23(30)13-16-27(25)31-28;/h7-16,18-19H,2-6,17H2,1H3,(H,32,33);/q;+1/p-1. The Morgan fingerprint density at radius 2 is 1.49 bits per heavy atom. The van der Waals surface area contributed by atoms with Crippen LogP contribution in [0.4, 0.5) is 4.39 Å². The third-order valence-corrected chi connectivity index (χ3v) is 5.88. The van der Waals surface area contributed by atoms with Crippen LogP contribution in [-0.2, 0) is 0 Å². The molecule has 1 heterocycles. The topological polar surface area (TPSA) is 62.2 Å². The fourth-order valence-corrected chi connectivity index (χ4v) is 3.99. The van der Waals surface area contributed by atoms with Gasteiger partial charge in [-0.2, -0.15) is 0 Å². The molecule has 6 heteroatoms. The van der Waals surface area contributed by atoms with Gasteiger partial charge in [-0.3, -0.25) is 0 Å². The number of hydrogen-bond acceptors (Lipinski definition) is 4. The molecular formula is C29H27FNNaO3. The van der Waals surface area contributed by atoms with E-state index in [-0.39, 0.29) is 40.5 Å². The molecular weight excluding hydrogens is 452 g/mol. The zero-order chi connectivity index (χ0) is 23.9. The summed E-state index contributed by atoms with van der Waals surface area (Å²) in [7, 11) is 0. The summed E-state index contributed by atoms with van der Waals surface area (Å²) in [5.74, 6) is -1.01. The fourth-order valence-electron chi connectivity index (χ4n) is 3.99. The molecule has 4 aromatic rings. The number of pyridine rings is 1. The van der Waals surface area contributed by atoms with Crippen LogP contribution in [0.25, 0.3) is 33.3 Å². The number of hydrogen-bond donors (Lipinski definition) is 0. The Balaban J connectivity index is 0.00000342. The summed E-state index contributed by atoms with van der Waals surface area (Å²) in [5, 5.41) is 11.9. The van der Waals surface area contributed by atoms with Gasteiger partial charge in [0.25, 0.3) is 0 Å². The molecule has 174 valence electrons. The second-order valence-electron chi connectivity index (χ2n) is 8.37. The number of rotatable bonds is 10. The summed E-state index contributed by atoms with van der Waals surface area (Å²) in [4.78, 5) is 16.2. The first kappa shape index (κ1) is 26.9. The van der Waals surface area contributed by atoms with Crippen LogP contribution in [0.5, 0.6) is 5.75 Å². The summed E-state index contributed by atoms with van der Waals surface area (Å²) in [6.07, 6.45) is 6.05. The molecule has 0 radical (unpaired) electrons. The molecule has 0 bridgehead atoms. The van der Waals surface area contributed by atoms with Gasteiger partial charge in [0.1, 0.15) is 11.6 Å². The van der Waals surface area contributed by atoms with Crippen molar-refractivity contribution in [2.75, 3.05) is 6.61 Å². The van der Waals surface area contributed by atoms with E-state index in [0.29, 0.717) is 11.2 Å². The summed E-state index contributed by atoms with van der Waals surface area (Å²) in [6, 6.07) is 21.1. The van der Waals surface area contributed by atoms with Crippen LogP contribution in [-0.4, -0.2) is 17.6 Å². The van der Waals surface area contributed by atoms with Gasteiger partial charge in [0.15, 0.2) is 0 Å². The van der Waals surface area contributed by atoms with E-state index in [0.717, 1.165) is 35.5 Å². The second-order valence-corrected chi connectivity index (χ2v) is 8.37. The average molecular weight is 480 g/mol. The first-order valence-electron chi connectivity index (χ1n) is 11.7. The Morgan fingerprint density at radius 1 is 0.857 bits per heavy atom. The van der Waals surface area contributed by atoms with Gasteiger partial charge in [-0.25, -0.2) is 9.37 Å². The molecule has 0 atom stereocenters. The maximum Gasteiger partial charge on any atom is 1.00 e. The van der Waals surface area contributed by atoms with E-state index in [2.05, 4.69) is 11.9 Å². The third-order valence-electron chi connectivity index (χ3n) is 5.88. The van der Waals surface area contributed by atoms with Crippen molar-refractivity contribution in [2.24, 2.45) is 0 Å². The molecule has 0 saturated heterocycles. The number of carbonyl (C=O) groups excluding carboxylic acids is 1. The molecule has 0 N–H and O–H groups in total. The molecule has 4 rings (SSSR count). The van der Waals surface area contributed by atoms with Crippen molar-refractivity contribution in [3.8, 4) is 28.1 Å². The molecule has 0 amide bonds. The molecule has 4 nitrogen and oxygen atoms in total. The van der Waals surface area contributed by atoms with E-state index in [1.54, 1.807) is 0 Å². The Labute approximate surface area is 227 Å². The van der Waals surface area contributed by atoms with Crippen LogP contribution in [0, 0.1) is 5.82 Å². The van der Waals surface area contributed by atoms with Gasteiger partial charge >= 0.3 is 29.6 Å². The molecule has 0 aliphatic carbocycles. The predicted molar refractivity (Wildman–Crippen MR) is 131 cm³/mol. The maximum atomic E-state index is 13.6. The van der Waals surface area contributed by atoms with Gasteiger partial charge in [0.05, 0.1) is 23.8 Å². The summed E-state index contributed by atoms with van der Waals surface area (Å²) < 4.78 is 19.4. The summed E-state index contributed by atoms with van der Waals surface area (Å²) in [6.45, 7) is 2.94. The molecule has 1 aromatic heterocycles. The molecule has 0 spiro atoms. The van der Waals surface area contributed by atoms with Crippen LogP contribution < -0.4 is 39.4 Å². The number of carbonyl (C=O) groups is 1. The Kier molecular flexibility index (Phi) is 9.84. The number of carboxylic acids is 1. The Hall–Kier alpha value is -2.73.